The molecule has 208 valence electrons. The molecule has 0 aromatic carbocycles. The lowest BCUT2D eigenvalue weighted by Gasteiger charge is -2.57. The lowest BCUT2D eigenvalue weighted by molar-refractivity contribution is -0.199. The van der Waals surface area contributed by atoms with Crippen LogP contribution in [0.1, 0.15) is 44.9 Å². The van der Waals surface area contributed by atoms with Crippen LogP contribution in [0.5, 0.6) is 0 Å². The molecule has 0 bridgehead atoms. The van der Waals surface area contributed by atoms with Gasteiger partial charge in [0.1, 0.15) is 30.1 Å². The van der Waals surface area contributed by atoms with Gasteiger partial charge in [-0.1, -0.05) is 0 Å². The van der Waals surface area contributed by atoms with Crippen LogP contribution in [0, 0.1) is 35.5 Å². The Bertz CT molecular complexity index is 935. The summed E-state index contributed by atoms with van der Waals surface area (Å²) in [6.07, 6.45) is -1.95. The van der Waals surface area contributed by atoms with E-state index in [1.807, 2.05) is 4.90 Å². The molecule has 0 aromatic heterocycles. The van der Waals surface area contributed by atoms with Crippen molar-refractivity contribution < 1.29 is 45.0 Å². The number of nitrogens with two attached hydrogens (primary N) is 1. The van der Waals surface area contributed by atoms with Crippen molar-refractivity contribution in [1.82, 2.24) is 4.90 Å². The van der Waals surface area contributed by atoms with Crippen LogP contribution in [0.4, 0.5) is 0 Å². The number of nitrogens with zero attached hydrogens (tertiary/aromatic N) is 1. The summed E-state index contributed by atoms with van der Waals surface area (Å²) >= 11 is 0. The highest BCUT2D eigenvalue weighted by Crippen LogP contribution is 2.57. The maximum atomic E-state index is 13.8. The van der Waals surface area contributed by atoms with E-state index in [1.165, 1.54) is 0 Å². The quantitative estimate of drug-likeness (QED) is 0.214. The van der Waals surface area contributed by atoms with Crippen molar-refractivity contribution >= 4 is 11.6 Å². The summed E-state index contributed by atoms with van der Waals surface area (Å²) in [4.78, 5) is 28.4. The first kappa shape index (κ1) is 27.1. The number of ketones is 2. The molecular formula is C26H40N2O9. The maximum Gasteiger partial charge on any atom is 0.166 e. The number of carbonyl (C=O) groups is 2. The smallest absolute Gasteiger partial charge is 0.166 e. The highest BCUT2D eigenvalue weighted by molar-refractivity contribution is 5.98. The molecule has 4 aliphatic carbocycles. The van der Waals surface area contributed by atoms with Gasteiger partial charge in [-0.2, -0.15) is 0 Å². The molecule has 3 saturated carbocycles. The SMILES string of the molecule is NC(O)C1=C(O)[C@@]2(O)C(O)C3C(=O)C4C(O)CCC(CCC(O)N5CCOCC5)C4C[C@H]3C[C@H]2CC1=O. The molecule has 0 aromatic rings. The van der Waals surface area contributed by atoms with E-state index in [4.69, 9.17) is 10.5 Å². The molecular weight excluding hydrogens is 484 g/mol. The van der Waals surface area contributed by atoms with E-state index in [0.29, 0.717) is 52.0 Å². The monoisotopic (exact) mass is 524 g/mol. The Hall–Kier alpha value is -1.44. The number of aliphatic hydroxyl groups is 6. The normalized spacial score (nSPS) is 44.6. The third kappa shape index (κ3) is 4.47. The summed E-state index contributed by atoms with van der Waals surface area (Å²) in [5, 5.41) is 64.9. The largest absolute Gasteiger partial charge is 0.509 e. The standard InChI is InChI=1S/C26H40N2O9/c27-25(35)21-17(30)11-14-9-13-10-15-12(2-4-18(31)28-5-7-37-8-6-28)1-3-16(29)20(15)22(32)19(13)23(33)26(14,36)24(21)34/h12-16,18-20,23,25,29,31,33-36H,1-11,27H2/t12?,13-,14+,15?,16?,18?,19?,20?,23?,25?,26+/m1/s1. The van der Waals surface area contributed by atoms with Crippen LogP contribution in [-0.2, 0) is 14.3 Å². The van der Waals surface area contributed by atoms with Crippen LogP contribution in [0.3, 0.4) is 0 Å². The van der Waals surface area contributed by atoms with E-state index in [9.17, 15) is 40.2 Å². The number of aliphatic hydroxyl groups excluding tert-OH is 5. The van der Waals surface area contributed by atoms with Gasteiger partial charge in [-0.3, -0.25) is 14.5 Å². The van der Waals surface area contributed by atoms with Crippen LogP contribution in [0.15, 0.2) is 11.3 Å². The molecule has 11 atom stereocenters. The van der Waals surface area contributed by atoms with E-state index < -0.39 is 65.1 Å². The predicted molar refractivity (Wildman–Crippen MR) is 128 cm³/mol. The highest BCUT2D eigenvalue weighted by atomic mass is 16.5. The molecule has 8 unspecified atom stereocenters. The molecule has 5 aliphatic rings. The average molecular weight is 525 g/mol. The summed E-state index contributed by atoms with van der Waals surface area (Å²) in [7, 11) is 0. The second-order valence-corrected chi connectivity index (χ2v) is 11.8. The molecule has 4 fully saturated rings. The molecule has 0 amide bonds. The fraction of sp³-hybridized carbons (Fsp3) is 0.846. The zero-order chi connectivity index (χ0) is 26.6. The van der Waals surface area contributed by atoms with Crippen LogP contribution < -0.4 is 5.73 Å². The van der Waals surface area contributed by atoms with E-state index in [0.717, 1.165) is 6.42 Å². The average Bonchev–Trinajstić information content (AvgIpc) is 2.86. The van der Waals surface area contributed by atoms with Crippen LogP contribution >= 0.6 is 0 Å². The third-order valence-corrected chi connectivity index (χ3v) is 9.98. The fourth-order valence-electron chi connectivity index (χ4n) is 8.10. The zero-order valence-corrected chi connectivity index (χ0v) is 21.0. The van der Waals surface area contributed by atoms with Crippen LogP contribution in [0.25, 0.3) is 0 Å². The van der Waals surface area contributed by atoms with Gasteiger partial charge in [0.15, 0.2) is 11.4 Å². The summed E-state index contributed by atoms with van der Waals surface area (Å²) in [6, 6.07) is 0. The topological polar surface area (TPSA) is 194 Å². The first-order valence-electron chi connectivity index (χ1n) is 13.6. The molecule has 1 saturated heterocycles. The Labute approximate surface area is 215 Å². The summed E-state index contributed by atoms with van der Waals surface area (Å²) in [5.41, 5.74) is 2.65. The number of hydrogen-bond acceptors (Lipinski definition) is 11. The van der Waals surface area contributed by atoms with Gasteiger partial charge in [0.25, 0.3) is 0 Å². The molecule has 8 N–H and O–H groups in total. The molecule has 11 heteroatoms. The van der Waals surface area contributed by atoms with Crippen molar-refractivity contribution in [2.24, 2.45) is 41.2 Å². The van der Waals surface area contributed by atoms with Crippen LogP contribution in [-0.4, -0.2) is 104 Å². The molecule has 1 heterocycles. The minimum atomic E-state index is -2.27. The summed E-state index contributed by atoms with van der Waals surface area (Å²) in [6.45, 7) is 2.52. The number of morpholine rings is 1. The van der Waals surface area contributed by atoms with E-state index in [1.54, 1.807) is 0 Å². The second kappa shape index (κ2) is 10.3. The van der Waals surface area contributed by atoms with Crippen molar-refractivity contribution in [3.05, 3.63) is 11.3 Å². The van der Waals surface area contributed by atoms with Crippen molar-refractivity contribution in [3.8, 4) is 0 Å². The number of ether oxygens (including phenoxy) is 1. The lowest BCUT2D eigenvalue weighted by Crippen LogP contribution is -2.66. The number of fused-ring (bicyclic) bond motifs is 3. The van der Waals surface area contributed by atoms with Crippen molar-refractivity contribution in [2.45, 2.75) is 75.2 Å². The number of hydrogen-bond donors (Lipinski definition) is 7. The number of carbonyl (C=O) groups excluding carboxylic acids is 2. The first-order valence-corrected chi connectivity index (χ1v) is 13.6. The minimum absolute atomic E-state index is 0.118. The Morgan fingerprint density at radius 2 is 1.78 bits per heavy atom. The van der Waals surface area contributed by atoms with Gasteiger partial charge in [-0.25, -0.2) is 0 Å². The van der Waals surface area contributed by atoms with Crippen LogP contribution in [0.2, 0.25) is 0 Å². The van der Waals surface area contributed by atoms with Crippen molar-refractivity contribution in [3.63, 3.8) is 0 Å². The Kier molecular flexibility index (Phi) is 7.53. The number of Topliss-reactive ketones (excluding diaryl/α,β-unsaturated/α-hetero) is 2. The molecule has 0 spiro atoms. The predicted octanol–water partition coefficient (Wildman–Crippen LogP) is -1.20. The molecule has 1 aliphatic heterocycles. The fourth-order valence-corrected chi connectivity index (χ4v) is 8.10. The summed E-state index contributed by atoms with van der Waals surface area (Å²) in [5.74, 6) is -4.64. The highest BCUT2D eigenvalue weighted by Gasteiger charge is 2.64. The Balaban J connectivity index is 1.36. The Morgan fingerprint density at radius 1 is 1.08 bits per heavy atom. The maximum absolute atomic E-state index is 13.8. The molecule has 0 radical (unpaired) electrons. The first-order chi connectivity index (χ1) is 17.6. The molecule has 37 heavy (non-hydrogen) atoms. The van der Waals surface area contributed by atoms with E-state index in [2.05, 4.69) is 0 Å². The Morgan fingerprint density at radius 3 is 2.46 bits per heavy atom. The van der Waals surface area contributed by atoms with Gasteiger partial charge in [-0.05, 0) is 56.3 Å². The van der Waals surface area contributed by atoms with E-state index >= 15 is 0 Å². The minimum Gasteiger partial charge on any atom is -0.509 e. The number of rotatable bonds is 5. The van der Waals surface area contributed by atoms with Gasteiger partial charge < -0.3 is 41.1 Å². The van der Waals surface area contributed by atoms with Gasteiger partial charge in [0, 0.05) is 31.3 Å². The van der Waals surface area contributed by atoms with Crippen molar-refractivity contribution in [2.75, 3.05) is 26.3 Å². The van der Waals surface area contributed by atoms with Gasteiger partial charge >= 0.3 is 0 Å². The molecule has 5 rings (SSSR count). The third-order valence-electron chi connectivity index (χ3n) is 9.98. The van der Waals surface area contributed by atoms with Gasteiger partial charge in [0.05, 0.1) is 30.8 Å². The van der Waals surface area contributed by atoms with Crippen molar-refractivity contribution in [1.29, 1.82) is 0 Å². The zero-order valence-electron chi connectivity index (χ0n) is 21.0. The summed E-state index contributed by atoms with van der Waals surface area (Å²) < 4.78 is 5.36. The lowest BCUT2D eigenvalue weighted by atomic mass is 9.50. The second-order valence-electron chi connectivity index (χ2n) is 11.8. The van der Waals surface area contributed by atoms with Gasteiger partial charge in [-0.15, -0.1) is 0 Å². The molecule has 11 nitrogen and oxygen atoms in total. The van der Waals surface area contributed by atoms with E-state index in [-0.39, 0.29) is 36.4 Å². The van der Waals surface area contributed by atoms with Gasteiger partial charge in [0.2, 0.25) is 0 Å².